The highest BCUT2D eigenvalue weighted by Gasteiger charge is 2.05. The molecule has 0 nitrogen and oxygen atoms in total. The van der Waals surface area contributed by atoms with Gasteiger partial charge in [0.05, 0.1) is 0 Å². The number of benzene rings is 1. The first-order chi connectivity index (χ1) is 6.86. The first-order valence-electron chi connectivity index (χ1n) is 4.96. The Morgan fingerprint density at radius 3 is 2.07 bits per heavy atom. The summed E-state index contributed by atoms with van der Waals surface area (Å²) < 4.78 is 0. The summed E-state index contributed by atoms with van der Waals surface area (Å²) in [7, 11) is 0. The average Bonchev–Trinajstić information content (AvgIpc) is 2.20. The molecule has 0 aromatic heterocycles. The maximum atomic E-state index is 3.77. The predicted molar refractivity (Wildman–Crippen MR) is 63.0 cm³/mol. The molecule has 0 saturated carbocycles. The molecule has 0 atom stereocenters. The lowest BCUT2D eigenvalue weighted by Crippen LogP contribution is -1.99. The van der Waals surface area contributed by atoms with E-state index in [1.54, 1.807) is 0 Å². The van der Waals surface area contributed by atoms with Crippen molar-refractivity contribution in [2.45, 2.75) is 19.3 Å². The molecular weight excluding hydrogens is 168 g/mol. The third-order valence-electron chi connectivity index (χ3n) is 2.16. The summed E-state index contributed by atoms with van der Waals surface area (Å²) in [5.74, 6) is 1.47. The molecule has 73 valence electrons. The number of hydrogen-bond donors (Lipinski definition) is 0. The molecule has 0 unspecified atom stereocenters. The van der Waals surface area contributed by atoms with Crippen LogP contribution in [-0.4, -0.2) is 0 Å². The summed E-state index contributed by atoms with van der Waals surface area (Å²) in [6.07, 6.45) is 6.93. The molecule has 0 amide bonds. The Morgan fingerprint density at radius 2 is 1.57 bits per heavy atom. The van der Waals surface area contributed by atoms with Gasteiger partial charge in [-0.05, 0) is 30.7 Å². The van der Waals surface area contributed by atoms with Crippen molar-refractivity contribution in [1.29, 1.82) is 0 Å². The number of allylic oxidation sites excluding steroid dienone is 2. The topological polar surface area (TPSA) is 0 Å². The van der Waals surface area contributed by atoms with Crippen LogP contribution in [0.3, 0.4) is 0 Å². The van der Waals surface area contributed by atoms with E-state index in [1.165, 1.54) is 11.5 Å². The first kappa shape index (κ1) is 10.8. The van der Waals surface area contributed by atoms with E-state index in [1.807, 2.05) is 18.2 Å². The molecule has 0 N–H and O–H groups in total. The molecule has 1 rings (SSSR count). The van der Waals surface area contributed by atoms with Gasteiger partial charge in [0, 0.05) is 0 Å². The van der Waals surface area contributed by atoms with E-state index < -0.39 is 0 Å². The highest BCUT2D eigenvalue weighted by Crippen LogP contribution is 2.18. The van der Waals surface area contributed by atoms with Crippen LogP contribution < -0.4 is 0 Å². The smallest absolute Gasteiger partial charge is 0.0123 e. The van der Waals surface area contributed by atoms with Crippen molar-refractivity contribution in [3.05, 3.63) is 67.1 Å². The van der Waals surface area contributed by atoms with Gasteiger partial charge < -0.3 is 0 Å². The standard InChI is InChI=1S/C14H17/c1-3-8-13(9-4-2)12-14-10-6-5-7-11-14/h3-7,10-11H,1-2,8-9,12H2. The van der Waals surface area contributed by atoms with Crippen LogP contribution in [0.4, 0.5) is 0 Å². The molecule has 1 radical (unpaired) electrons. The van der Waals surface area contributed by atoms with Gasteiger partial charge in [-0.1, -0.05) is 42.5 Å². The summed E-state index contributed by atoms with van der Waals surface area (Å²) >= 11 is 0. The Balaban J connectivity index is 2.54. The second kappa shape index (κ2) is 6.20. The molecule has 0 fully saturated rings. The summed E-state index contributed by atoms with van der Waals surface area (Å²) in [6, 6.07) is 10.5. The van der Waals surface area contributed by atoms with Crippen LogP contribution in [0.1, 0.15) is 18.4 Å². The highest BCUT2D eigenvalue weighted by molar-refractivity contribution is 5.20. The zero-order chi connectivity index (χ0) is 10.2. The summed E-state index contributed by atoms with van der Waals surface area (Å²) in [5.41, 5.74) is 1.37. The minimum absolute atomic E-state index is 0.987. The van der Waals surface area contributed by atoms with Crippen LogP contribution in [-0.2, 0) is 6.42 Å². The van der Waals surface area contributed by atoms with Crippen molar-refractivity contribution in [3.63, 3.8) is 0 Å². The zero-order valence-electron chi connectivity index (χ0n) is 8.58. The first-order valence-corrected chi connectivity index (χ1v) is 4.96. The lowest BCUT2D eigenvalue weighted by Gasteiger charge is -2.11. The van der Waals surface area contributed by atoms with Crippen molar-refractivity contribution in [2.75, 3.05) is 0 Å². The van der Waals surface area contributed by atoms with E-state index in [0.717, 1.165) is 19.3 Å². The molecule has 0 aliphatic heterocycles. The lowest BCUT2D eigenvalue weighted by atomic mass is 9.93. The van der Waals surface area contributed by atoms with Gasteiger partial charge in [0.2, 0.25) is 0 Å². The van der Waals surface area contributed by atoms with Crippen LogP contribution in [0.5, 0.6) is 0 Å². The predicted octanol–water partition coefficient (Wildman–Crippen LogP) is 3.96. The third kappa shape index (κ3) is 3.61. The van der Waals surface area contributed by atoms with E-state index in [2.05, 4.69) is 37.4 Å². The summed E-state index contributed by atoms with van der Waals surface area (Å²) in [5, 5.41) is 0. The average molecular weight is 185 g/mol. The van der Waals surface area contributed by atoms with Crippen LogP contribution in [0.2, 0.25) is 0 Å². The molecule has 0 heterocycles. The molecule has 1 aromatic rings. The Morgan fingerprint density at radius 1 is 1.00 bits per heavy atom. The molecule has 0 heteroatoms. The van der Waals surface area contributed by atoms with Crippen molar-refractivity contribution in [3.8, 4) is 0 Å². The fourth-order valence-corrected chi connectivity index (χ4v) is 1.52. The molecule has 0 aliphatic rings. The zero-order valence-corrected chi connectivity index (χ0v) is 8.58. The normalized spacial score (nSPS) is 10.1. The van der Waals surface area contributed by atoms with E-state index in [-0.39, 0.29) is 0 Å². The van der Waals surface area contributed by atoms with Crippen LogP contribution in [0, 0.1) is 5.92 Å². The molecule has 0 bridgehead atoms. The highest BCUT2D eigenvalue weighted by atomic mass is 14.1. The number of hydrogen-bond acceptors (Lipinski definition) is 0. The Hall–Kier alpha value is -1.30. The van der Waals surface area contributed by atoms with Crippen LogP contribution >= 0.6 is 0 Å². The van der Waals surface area contributed by atoms with Gasteiger partial charge in [0.15, 0.2) is 0 Å². The quantitative estimate of drug-likeness (QED) is 0.588. The van der Waals surface area contributed by atoms with Crippen molar-refractivity contribution >= 4 is 0 Å². The van der Waals surface area contributed by atoms with E-state index in [9.17, 15) is 0 Å². The molecule has 1 aromatic carbocycles. The second-order valence-corrected chi connectivity index (χ2v) is 3.40. The second-order valence-electron chi connectivity index (χ2n) is 3.40. The van der Waals surface area contributed by atoms with E-state index in [4.69, 9.17) is 0 Å². The van der Waals surface area contributed by atoms with Gasteiger partial charge >= 0.3 is 0 Å². The van der Waals surface area contributed by atoms with Crippen LogP contribution in [0.15, 0.2) is 55.6 Å². The Bertz CT molecular complexity index is 261. The van der Waals surface area contributed by atoms with E-state index in [0.29, 0.717) is 0 Å². The fourth-order valence-electron chi connectivity index (χ4n) is 1.52. The maximum absolute atomic E-state index is 3.77. The van der Waals surface area contributed by atoms with E-state index >= 15 is 0 Å². The Kier molecular flexibility index (Phi) is 4.77. The van der Waals surface area contributed by atoms with Gasteiger partial charge in [-0.25, -0.2) is 0 Å². The van der Waals surface area contributed by atoms with Gasteiger partial charge in [-0.3, -0.25) is 0 Å². The number of rotatable bonds is 6. The van der Waals surface area contributed by atoms with Crippen molar-refractivity contribution < 1.29 is 0 Å². The maximum Gasteiger partial charge on any atom is -0.0123 e. The SMILES string of the molecule is C=CC[C](CC=C)Cc1ccccc1. The third-order valence-corrected chi connectivity index (χ3v) is 2.16. The van der Waals surface area contributed by atoms with Crippen molar-refractivity contribution in [2.24, 2.45) is 0 Å². The lowest BCUT2D eigenvalue weighted by molar-refractivity contribution is 0.828. The molecular formula is C14H17. The fraction of sp³-hybridized carbons (Fsp3) is 0.214. The summed E-state index contributed by atoms with van der Waals surface area (Å²) in [6.45, 7) is 7.54. The Labute approximate surface area is 87.0 Å². The molecule has 0 saturated heterocycles. The van der Waals surface area contributed by atoms with Gasteiger partial charge in [0.1, 0.15) is 0 Å². The minimum Gasteiger partial charge on any atom is -0.103 e. The van der Waals surface area contributed by atoms with Crippen molar-refractivity contribution in [1.82, 2.24) is 0 Å². The minimum atomic E-state index is 0.987. The largest absolute Gasteiger partial charge is 0.103 e. The molecule has 14 heavy (non-hydrogen) atoms. The van der Waals surface area contributed by atoms with Crippen LogP contribution in [0.25, 0.3) is 0 Å². The van der Waals surface area contributed by atoms with Gasteiger partial charge in [0.25, 0.3) is 0 Å². The monoisotopic (exact) mass is 185 g/mol. The molecule has 0 spiro atoms. The summed E-state index contributed by atoms with van der Waals surface area (Å²) in [4.78, 5) is 0. The van der Waals surface area contributed by atoms with Gasteiger partial charge in [-0.15, -0.1) is 13.2 Å². The van der Waals surface area contributed by atoms with Gasteiger partial charge in [-0.2, -0.15) is 0 Å². The molecule has 0 aliphatic carbocycles.